The van der Waals surface area contributed by atoms with Crippen LogP contribution in [-0.2, 0) is 40.8 Å². The Labute approximate surface area is 317 Å². The van der Waals surface area contributed by atoms with E-state index in [1.165, 1.54) is 31.2 Å². The Hall–Kier alpha value is -3.27. The van der Waals surface area contributed by atoms with Gasteiger partial charge in [0.25, 0.3) is 5.91 Å². The molecular weight excluding hydrogens is 783 g/mol. The molecule has 5 N–H and O–H groups in total. The number of carbonyl (C=O) groups excluding carboxylic acids is 1. The van der Waals surface area contributed by atoms with Gasteiger partial charge >= 0.3 is 23.5 Å². The van der Waals surface area contributed by atoms with Gasteiger partial charge in [-0.1, -0.05) is 32.4 Å². The third-order valence-electron chi connectivity index (χ3n) is 7.82. The molecule has 1 amide bonds. The lowest BCUT2D eigenvalue weighted by molar-refractivity contribution is 0.0772. The second-order valence-corrected chi connectivity index (χ2v) is 17.1. The zero-order valence-corrected chi connectivity index (χ0v) is 33.2. The van der Waals surface area contributed by atoms with E-state index in [1.54, 1.807) is 44.2 Å². The van der Waals surface area contributed by atoms with Crippen molar-refractivity contribution < 1.29 is 69.8 Å². The standard InChI is InChI=1S/C35H46NO16P3/c1-4-46-53(40,41)50-22-25(23-51-55(44,45)48-17-16-47-54(42,43)49-21-24(2)3)8-5-6-15-36-35(39)27-10-7-9-26(18-27)34-30-13-11-28(37)19-32(30)52-33-20-29(38)12-14-31(33)34/h7,9-14,18-20,24-25,37H,4-6,8,15-17,21-23H2,1-3H3,(H,36,39)(H,40,41)(H,42,43)(H,44,45). The highest BCUT2D eigenvalue weighted by atomic mass is 31.2. The summed E-state index contributed by atoms with van der Waals surface area (Å²) in [6.07, 6.45) is 1.17. The molecule has 4 atom stereocenters. The molecule has 4 unspecified atom stereocenters. The maximum Gasteiger partial charge on any atom is 0.472 e. The molecular formula is C35H46NO16P3. The number of fused-ring (bicyclic) bond motifs is 2. The lowest BCUT2D eigenvalue weighted by atomic mass is 9.92. The van der Waals surface area contributed by atoms with Gasteiger partial charge in [0.05, 0.1) is 39.6 Å². The number of phenols is 1. The Morgan fingerprint density at radius 1 is 0.800 bits per heavy atom. The van der Waals surface area contributed by atoms with E-state index < -0.39 is 49.2 Å². The highest BCUT2D eigenvalue weighted by Crippen LogP contribution is 2.47. The average molecular weight is 830 g/mol. The van der Waals surface area contributed by atoms with E-state index in [1.807, 2.05) is 6.07 Å². The predicted molar refractivity (Wildman–Crippen MR) is 202 cm³/mol. The summed E-state index contributed by atoms with van der Waals surface area (Å²) >= 11 is 0. The van der Waals surface area contributed by atoms with Crippen molar-refractivity contribution in [1.29, 1.82) is 0 Å². The fourth-order valence-electron chi connectivity index (χ4n) is 5.29. The zero-order chi connectivity index (χ0) is 40.2. The number of phosphoric ester groups is 3. The number of hydrogen-bond donors (Lipinski definition) is 5. The number of carbonyl (C=O) groups is 1. The fourth-order valence-corrected chi connectivity index (χ4v) is 7.73. The molecule has 2 aliphatic rings. The van der Waals surface area contributed by atoms with E-state index in [-0.39, 0.29) is 55.8 Å². The smallest absolute Gasteiger partial charge is 0.472 e. The van der Waals surface area contributed by atoms with E-state index in [0.29, 0.717) is 51.8 Å². The topological polar surface area (TPSA) is 247 Å². The van der Waals surface area contributed by atoms with Crippen molar-refractivity contribution in [2.75, 3.05) is 46.2 Å². The number of phenolic OH excluding ortho intramolecular Hbond substituents is 1. The molecule has 2 aromatic rings. The SMILES string of the molecule is CCOP(=O)(O)OCC(CCCCNC(=O)c1cccc(-c2c3ccc(=O)cc-3oc3cc(O)ccc23)c1)COP(=O)(O)OCCOP(=O)(O)OCC(C)C. The number of aromatic hydroxyl groups is 1. The number of hydrogen-bond acceptors (Lipinski definition) is 13. The summed E-state index contributed by atoms with van der Waals surface area (Å²) in [5.74, 6) is -0.758. The largest absolute Gasteiger partial charge is 0.508 e. The summed E-state index contributed by atoms with van der Waals surface area (Å²) in [4.78, 5) is 54.9. The normalized spacial score (nSPS) is 15.8. The minimum absolute atomic E-state index is 0.00991. The second-order valence-electron chi connectivity index (χ2n) is 12.8. The van der Waals surface area contributed by atoms with Gasteiger partial charge in [0, 0.05) is 46.7 Å². The van der Waals surface area contributed by atoms with Gasteiger partial charge in [-0.25, -0.2) is 13.7 Å². The molecule has 17 nitrogen and oxygen atoms in total. The number of rotatable bonds is 23. The van der Waals surface area contributed by atoms with Crippen LogP contribution in [0.4, 0.5) is 0 Å². The first-order chi connectivity index (χ1) is 26.0. The molecule has 0 spiro atoms. The van der Waals surface area contributed by atoms with Crippen LogP contribution in [-0.4, -0.2) is 71.9 Å². The Morgan fingerprint density at radius 3 is 2.11 bits per heavy atom. The van der Waals surface area contributed by atoms with Gasteiger partial charge < -0.3 is 29.5 Å². The minimum Gasteiger partial charge on any atom is -0.508 e. The number of phosphoric acid groups is 3. The van der Waals surface area contributed by atoms with Gasteiger partial charge in [-0.2, -0.15) is 0 Å². The fraction of sp³-hybridized carbons (Fsp3) is 0.429. The van der Waals surface area contributed by atoms with Crippen LogP contribution in [0, 0.1) is 11.8 Å². The van der Waals surface area contributed by atoms with Gasteiger partial charge in [-0.3, -0.25) is 36.7 Å². The number of nitrogens with one attached hydrogen (secondary N) is 1. The lowest BCUT2D eigenvalue weighted by Gasteiger charge is -2.20. The summed E-state index contributed by atoms with van der Waals surface area (Å²) in [6, 6.07) is 16.0. The molecule has 302 valence electrons. The Kier molecular flexibility index (Phi) is 16.4. The molecule has 20 heteroatoms. The van der Waals surface area contributed by atoms with Crippen LogP contribution in [0.25, 0.3) is 33.4 Å². The third kappa shape index (κ3) is 14.3. The van der Waals surface area contributed by atoms with Gasteiger partial charge in [-0.15, -0.1) is 0 Å². The number of amides is 1. The summed E-state index contributed by atoms with van der Waals surface area (Å²) in [5.41, 5.74) is 2.52. The highest BCUT2D eigenvalue weighted by Gasteiger charge is 2.28. The van der Waals surface area contributed by atoms with Crippen molar-refractivity contribution in [2.45, 2.75) is 40.0 Å². The van der Waals surface area contributed by atoms with E-state index in [0.717, 1.165) is 0 Å². The predicted octanol–water partition coefficient (Wildman–Crippen LogP) is 6.86. The van der Waals surface area contributed by atoms with Gasteiger partial charge in [0.1, 0.15) is 17.1 Å². The maximum atomic E-state index is 13.2. The zero-order valence-electron chi connectivity index (χ0n) is 30.5. The first-order valence-electron chi connectivity index (χ1n) is 17.4. The monoisotopic (exact) mass is 829 g/mol. The molecule has 1 aliphatic heterocycles. The Morgan fingerprint density at radius 2 is 1.45 bits per heavy atom. The van der Waals surface area contributed by atoms with Gasteiger partial charge in [0.2, 0.25) is 0 Å². The molecule has 0 fully saturated rings. The van der Waals surface area contributed by atoms with Crippen molar-refractivity contribution in [3.05, 3.63) is 76.5 Å². The average Bonchev–Trinajstić information content (AvgIpc) is 3.12. The summed E-state index contributed by atoms with van der Waals surface area (Å²) in [7, 11) is -13.5. The van der Waals surface area contributed by atoms with Crippen LogP contribution in [0.3, 0.4) is 0 Å². The second kappa shape index (κ2) is 20.2. The number of unbranched alkanes of at least 4 members (excludes halogenated alkanes) is 1. The van der Waals surface area contributed by atoms with Crippen LogP contribution in [0.5, 0.6) is 5.75 Å². The first-order valence-corrected chi connectivity index (χ1v) is 21.9. The molecule has 1 aliphatic carbocycles. The van der Waals surface area contributed by atoms with Crippen molar-refractivity contribution >= 4 is 40.3 Å². The molecule has 1 heterocycles. The van der Waals surface area contributed by atoms with E-state index >= 15 is 0 Å². The Balaban J connectivity index is 1.33. The van der Waals surface area contributed by atoms with Crippen LogP contribution in [0.1, 0.15) is 50.4 Å². The molecule has 0 radical (unpaired) electrons. The highest BCUT2D eigenvalue weighted by molar-refractivity contribution is 7.48. The maximum absolute atomic E-state index is 13.2. The molecule has 0 saturated carbocycles. The van der Waals surface area contributed by atoms with Crippen LogP contribution < -0.4 is 10.7 Å². The molecule has 55 heavy (non-hydrogen) atoms. The van der Waals surface area contributed by atoms with Crippen LogP contribution in [0.2, 0.25) is 0 Å². The third-order valence-corrected chi connectivity index (χ3v) is 10.8. The molecule has 0 saturated heterocycles. The molecule has 0 aromatic heterocycles. The van der Waals surface area contributed by atoms with Crippen molar-refractivity contribution in [2.24, 2.45) is 11.8 Å². The minimum atomic E-state index is -4.68. The summed E-state index contributed by atoms with van der Waals surface area (Å²) in [6.45, 7) is 3.23. The van der Waals surface area contributed by atoms with E-state index in [9.17, 15) is 43.1 Å². The van der Waals surface area contributed by atoms with Crippen molar-refractivity contribution in [3.63, 3.8) is 0 Å². The van der Waals surface area contributed by atoms with E-state index in [4.69, 9.17) is 31.6 Å². The van der Waals surface area contributed by atoms with Crippen molar-refractivity contribution in [3.8, 4) is 28.2 Å². The quantitative estimate of drug-likeness (QED) is 0.0291. The first kappa shape index (κ1) is 44.4. The summed E-state index contributed by atoms with van der Waals surface area (Å²) < 4.78 is 71.5. The molecule has 2 aromatic carbocycles. The Bertz CT molecular complexity index is 2070. The number of benzene rings is 3. The van der Waals surface area contributed by atoms with E-state index in [2.05, 4.69) is 5.32 Å². The lowest BCUT2D eigenvalue weighted by Crippen LogP contribution is -2.24. The van der Waals surface area contributed by atoms with Gasteiger partial charge in [-0.05, 0) is 67.6 Å². The van der Waals surface area contributed by atoms with Crippen LogP contribution >= 0.6 is 23.5 Å². The molecule has 4 rings (SSSR count). The summed E-state index contributed by atoms with van der Waals surface area (Å²) in [5, 5.41) is 13.6. The van der Waals surface area contributed by atoms with Gasteiger partial charge in [0.15, 0.2) is 5.43 Å². The molecule has 0 bridgehead atoms. The van der Waals surface area contributed by atoms with Crippen molar-refractivity contribution in [1.82, 2.24) is 5.32 Å². The van der Waals surface area contributed by atoms with Crippen LogP contribution in [0.15, 0.2) is 69.9 Å².